The quantitative estimate of drug-likeness (QED) is 0.943. The van der Waals surface area contributed by atoms with E-state index >= 15 is 0 Å². The number of nitrogens with two attached hydrogens (primary N) is 1. The van der Waals surface area contributed by atoms with Crippen LogP contribution in [0.4, 0.5) is 0 Å². The van der Waals surface area contributed by atoms with Gasteiger partial charge in [0.1, 0.15) is 0 Å². The third-order valence-corrected chi connectivity index (χ3v) is 4.57. The molecule has 7 heteroatoms. The van der Waals surface area contributed by atoms with Gasteiger partial charge in [-0.05, 0) is 23.6 Å². The molecule has 21 heavy (non-hydrogen) atoms. The summed E-state index contributed by atoms with van der Waals surface area (Å²) < 4.78 is 1.77. The van der Waals surface area contributed by atoms with Crippen LogP contribution >= 0.6 is 23.4 Å². The van der Waals surface area contributed by atoms with Gasteiger partial charge in [-0.1, -0.05) is 49.3 Å². The summed E-state index contributed by atoms with van der Waals surface area (Å²) in [6.45, 7) is 4.12. The first-order chi connectivity index (χ1) is 10.1. The predicted molar refractivity (Wildman–Crippen MR) is 85.9 cm³/mol. The van der Waals surface area contributed by atoms with Gasteiger partial charge in [0.2, 0.25) is 5.16 Å². The standard InChI is InChI=1S/C14H16ClN5S/c1-8(2)12(16)13-17-18-14-20(13)19-11(7-21-14)9-3-5-10(15)6-4-9/h3-6,8,12H,7,16H2,1-2H3/t12-/m0/s1. The number of fused-ring (bicyclic) bond motifs is 1. The number of nitrogens with zero attached hydrogens (tertiary/aromatic N) is 4. The van der Waals surface area contributed by atoms with Gasteiger partial charge >= 0.3 is 0 Å². The van der Waals surface area contributed by atoms with Crippen LogP contribution < -0.4 is 5.73 Å². The van der Waals surface area contributed by atoms with Crippen LogP contribution in [0.15, 0.2) is 34.5 Å². The zero-order chi connectivity index (χ0) is 15.0. The highest BCUT2D eigenvalue weighted by atomic mass is 35.5. The molecule has 110 valence electrons. The first-order valence-corrected chi connectivity index (χ1v) is 8.10. The Labute approximate surface area is 132 Å². The maximum Gasteiger partial charge on any atom is 0.212 e. The first kappa shape index (κ1) is 14.6. The number of benzene rings is 1. The van der Waals surface area contributed by atoms with Crippen molar-refractivity contribution in [1.82, 2.24) is 14.9 Å². The zero-order valence-electron chi connectivity index (χ0n) is 11.8. The lowest BCUT2D eigenvalue weighted by Gasteiger charge is -2.18. The minimum atomic E-state index is -0.180. The second kappa shape index (κ2) is 5.79. The van der Waals surface area contributed by atoms with Gasteiger partial charge in [0, 0.05) is 10.8 Å². The Hall–Kier alpha value is -1.37. The third-order valence-electron chi connectivity index (χ3n) is 3.39. The van der Waals surface area contributed by atoms with Gasteiger partial charge in [0.05, 0.1) is 11.8 Å². The summed E-state index contributed by atoms with van der Waals surface area (Å²) >= 11 is 7.54. The molecule has 1 aromatic heterocycles. The molecule has 1 atom stereocenters. The Morgan fingerprint density at radius 2 is 1.95 bits per heavy atom. The fraction of sp³-hybridized carbons (Fsp3) is 0.357. The van der Waals surface area contributed by atoms with Crippen molar-refractivity contribution in [3.05, 3.63) is 40.7 Å². The highest BCUT2D eigenvalue weighted by molar-refractivity contribution is 7.99. The zero-order valence-corrected chi connectivity index (χ0v) is 13.4. The highest BCUT2D eigenvalue weighted by Gasteiger charge is 2.24. The highest BCUT2D eigenvalue weighted by Crippen LogP contribution is 2.27. The van der Waals surface area contributed by atoms with Gasteiger partial charge < -0.3 is 5.73 Å². The molecule has 1 aliphatic heterocycles. The van der Waals surface area contributed by atoms with Crippen molar-refractivity contribution in [3.63, 3.8) is 0 Å². The molecular weight excluding hydrogens is 306 g/mol. The molecule has 0 spiro atoms. The second-order valence-corrected chi connectivity index (χ2v) is 6.64. The van der Waals surface area contributed by atoms with Crippen molar-refractivity contribution < 1.29 is 0 Å². The largest absolute Gasteiger partial charge is 0.321 e. The van der Waals surface area contributed by atoms with E-state index in [1.54, 1.807) is 16.4 Å². The minimum Gasteiger partial charge on any atom is -0.321 e. The van der Waals surface area contributed by atoms with E-state index in [1.807, 2.05) is 24.3 Å². The van der Waals surface area contributed by atoms with Crippen molar-refractivity contribution >= 4 is 29.1 Å². The van der Waals surface area contributed by atoms with Crippen LogP contribution in [0.25, 0.3) is 0 Å². The van der Waals surface area contributed by atoms with E-state index in [0.717, 1.165) is 27.2 Å². The average Bonchev–Trinajstić information content (AvgIpc) is 2.90. The Balaban J connectivity index is 2.00. The summed E-state index contributed by atoms with van der Waals surface area (Å²) in [6.07, 6.45) is 0. The topological polar surface area (TPSA) is 69.1 Å². The number of halogens is 1. The molecule has 2 aromatic rings. The van der Waals surface area contributed by atoms with Crippen LogP contribution in [-0.4, -0.2) is 26.3 Å². The van der Waals surface area contributed by atoms with Gasteiger partial charge in [-0.15, -0.1) is 10.2 Å². The van der Waals surface area contributed by atoms with Crippen LogP contribution in [0, 0.1) is 5.92 Å². The van der Waals surface area contributed by atoms with E-state index in [9.17, 15) is 0 Å². The van der Waals surface area contributed by atoms with E-state index in [0.29, 0.717) is 5.82 Å². The van der Waals surface area contributed by atoms with E-state index < -0.39 is 0 Å². The molecule has 0 radical (unpaired) electrons. The molecular formula is C14H16ClN5S. The number of hydrogen-bond acceptors (Lipinski definition) is 5. The fourth-order valence-corrected chi connectivity index (χ4v) is 3.00. The van der Waals surface area contributed by atoms with Crippen molar-refractivity contribution in [3.8, 4) is 0 Å². The number of rotatable bonds is 3. The molecule has 1 aliphatic rings. The Kier molecular flexibility index (Phi) is 4.01. The summed E-state index contributed by atoms with van der Waals surface area (Å²) in [5, 5.41) is 14.6. The van der Waals surface area contributed by atoms with Crippen LogP contribution in [0.3, 0.4) is 0 Å². The molecule has 0 bridgehead atoms. The Morgan fingerprint density at radius 1 is 1.24 bits per heavy atom. The van der Waals surface area contributed by atoms with Crippen LogP contribution in [0.1, 0.15) is 31.3 Å². The van der Waals surface area contributed by atoms with Gasteiger partial charge in [0.15, 0.2) is 5.82 Å². The Morgan fingerprint density at radius 3 is 2.62 bits per heavy atom. The van der Waals surface area contributed by atoms with Gasteiger partial charge in [-0.2, -0.15) is 9.78 Å². The summed E-state index contributed by atoms with van der Waals surface area (Å²) in [5.74, 6) is 1.74. The fourth-order valence-electron chi connectivity index (χ4n) is 2.03. The molecule has 2 N–H and O–H groups in total. The molecule has 0 amide bonds. The lowest BCUT2D eigenvalue weighted by molar-refractivity contribution is 0.470. The van der Waals surface area contributed by atoms with Crippen LogP contribution in [-0.2, 0) is 0 Å². The maximum absolute atomic E-state index is 6.19. The molecule has 2 heterocycles. The van der Waals surface area contributed by atoms with E-state index in [1.165, 1.54) is 0 Å². The smallest absolute Gasteiger partial charge is 0.212 e. The summed E-state index contributed by atoms with van der Waals surface area (Å²) in [7, 11) is 0. The predicted octanol–water partition coefficient (Wildman–Crippen LogP) is 2.95. The first-order valence-electron chi connectivity index (χ1n) is 6.73. The van der Waals surface area contributed by atoms with Crippen molar-refractivity contribution in [2.24, 2.45) is 16.8 Å². The molecule has 5 nitrogen and oxygen atoms in total. The van der Waals surface area contributed by atoms with Crippen LogP contribution in [0.5, 0.6) is 0 Å². The van der Waals surface area contributed by atoms with Gasteiger partial charge in [-0.25, -0.2) is 0 Å². The lowest BCUT2D eigenvalue weighted by atomic mass is 10.1. The van der Waals surface area contributed by atoms with Crippen LogP contribution in [0.2, 0.25) is 5.02 Å². The SMILES string of the molecule is CC(C)[C@H](N)c1nnc2n1N=C(c1ccc(Cl)cc1)CS2. The van der Waals surface area contributed by atoms with Crippen molar-refractivity contribution in [1.29, 1.82) is 0 Å². The van der Waals surface area contributed by atoms with E-state index in [2.05, 4.69) is 29.1 Å². The summed E-state index contributed by atoms with van der Waals surface area (Å²) in [6, 6.07) is 7.50. The second-order valence-electron chi connectivity index (χ2n) is 5.26. The molecule has 0 fully saturated rings. The molecule has 0 unspecified atom stereocenters. The number of thioether (sulfide) groups is 1. The normalized spacial score (nSPS) is 15.8. The van der Waals surface area contributed by atoms with Gasteiger partial charge in [0.25, 0.3) is 0 Å². The lowest BCUT2D eigenvalue weighted by Crippen LogP contribution is -2.23. The number of hydrogen-bond donors (Lipinski definition) is 1. The van der Waals surface area contributed by atoms with E-state index in [-0.39, 0.29) is 12.0 Å². The van der Waals surface area contributed by atoms with Crippen molar-refractivity contribution in [2.45, 2.75) is 25.0 Å². The summed E-state index contributed by atoms with van der Waals surface area (Å²) in [4.78, 5) is 0. The minimum absolute atomic E-state index is 0.180. The number of aromatic nitrogens is 3. The molecule has 0 saturated heterocycles. The van der Waals surface area contributed by atoms with Gasteiger partial charge in [-0.3, -0.25) is 0 Å². The Bertz CT molecular complexity index is 677. The van der Waals surface area contributed by atoms with E-state index in [4.69, 9.17) is 17.3 Å². The molecule has 0 saturated carbocycles. The maximum atomic E-state index is 6.19. The molecule has 3 rings (SSSR count). The third kappa shape index (κ3) is 2.84. The molecule has 1 aromatic carbocycles. The monoisotopic (exact) mass is 321 g/mol. The average molecular weight is 322 g/mol. The van der Waals surface area contributed by atoms with Crippen molar-refractivity contribution in [2.75, 3.05) is 5.75 Å². The molecule has 0 aliphatic carbocycles. The summed E-state index contributed by atoms with van der Waals surface area (Å²) in [5.41, 5.74) is 8.22.